The highest BCUT2D eigenvalue weighted by molar-refractivity contribution is 5.87. The molecular weight excluding hydrogens is 404 g/mol. The van der Waals surface area contributed by atoms with Crippen molar-refractivity contribution in [1.29, 1.82) is 0 Å². The second kappa shape index (κ2) is 7.18. The predicted molar refractivity (Wildman–Crippen MR) is 60.9 cm³/mol. The molecule has 0 bridgehead atoms. The second-order valence-corrected chi connectivity index (χ2v) is 4.94. The number of alkyl halides is 12. The van der Waals surface area contributed by atoms with Crippen LogP contribution in [-0.2, 0) is 9.53 Å². The Hall–Kier alpha value is -1.63. The first kappa shape index (κ1) is 24.4. The molecule has 0 rings (SSSR count). The zero-order valence-electron chi connectivity index (χ0n) is 12.7. The molecule has 0 aliphatic heterocycles. The van der Waals surface area contributed by atoms with Crippen molar-refractivity contribution in [3.05, 3.63) is 11.6 Å². The Morgan fingerprint density at radius 3 is 1.69 bits per heavy atom. The fourth-order valence-electron chi connectivity index (χ4n) is 1.30. The van der Waals surface area contributed by atoms with Crippen molar-refractivity contribution in [3.8, 4) is 0 Å². The largest absolute Gasteiger partial charge is 0.473 e. The van der Waals surface area contributed by atoms with E-state index in [1.807, 2.05) is 0 Å². The first-order valence-corrected chi connectivity index (χ1v) is 6.33. The van der Waals surface area contributed by atoms with Gasteiger partial charge < -0.3 is 4.74 Å². The van der Waals surface area contributed by atoms with Crippen LogP contribution in [0.4, 0.5) is 52.7 Å². The summed E-state index contributed by atoms with van der Waals surface area (Å²) in [6, 6.07) is 0. The number of rotatable bonds is 7. The van der Waals surface area contributed by atoms with Crippen LogP contribution in [-0.4, -0.2) is 42.2 Å². The molecule has 0 saturated carbocycles. The number of allylic oxidation sites excluding steroid dienone is 1. The maximum absolute atomic E-state index is 13.3. The molecule has 0 amide bonds. The summed E-state index contributed by atoms with van der Waals surface area (Å²) >= 11 is 0. The normalized spacial score (nSPS) is 16.5. The number of carbonyl (C=O) groups is 1. The molecule has 0 fully saturated rings. The maximum atomic E-state index is 13.3. The van der Waals surface area contributed by atoms with Gasteiger partial charge in [0.1, 0.15) is 0 Å². The van der Waals surface area contributed by atoms with Crippen LogP contribution >= 0.6 is 0 Å². The number of hydrogen-bond acceptors (Lipinski definition) is 2. The molecule has 1 unspecified atom stereocenters. The summed E-state index contributed by atoms with van der Waals surface area (Å²) in [6.45, 7) is 1.73. The molecule has 0 saturated heterocycles. The molecular formula is C12H10F12O2. The molecule has 0 heterocycles. The smallest absolute Gasteiger partial charge is 0.393 e. The van der Waals surface area contributed by atoms with E-state index in [1.165, 1.54) is 0 Å². The lowest BCUT2D eigenvalue weighted by Crippen LogP contribution is -2.66. The number of carbonyl (C=O) groups excluding carboxylic acids is 1. The average molecular weight is 414 g/mol. The second-order valence-electron chi connectivity index (χ2n) is 4.94. The fourth-order valence-corrected chi connectivity index (χ4v) is 1.30. The van der Waals surface area contributed by atoms with Gasteiger partial charge in [0.15, 0.2) is 6.17 Å². The number of esters is 1. The average Bonchev–Trinajstić information content (AvgIpc) is 2.43. The van der Waals surface area contributed by atoms with Crippen LogP contribution in [0.2, 0.25) is 0 Å². The van der Waals surface area contributed by atoms with Gasteiger partial charge in [-0.2, -0.15) is 48.3 Å². The summed E-state index contributed by atoms with van der Waals surface area (Å²) in [5, 5.41) is 0. The van der Waals surface area contributed by atoms with Gasteiger partial charge in [-0.1, -0.05) is 6.08 Å². The lowest BCUT2D eigenvalue weighted by atomic mass is 9.97. The standard InChI is InChI=1S/C12H10F12O2/c1-3-5(2)7(25)26-12(23,24)11(21,22)10(19,20)9(17,18)6(13)4-8(14,15)16/h3,6H,4H2,1-2H3. The fraction of sp³-hybridized carbons (Fsp3) is 0.750. The van der Waals surface area contributed by atoms with E-state index in [4.69, 9.17) is 0 Å². The summed E-state index contributed by atoms with van der Waals surface area (Å²) in [7, 11) is 0. The summed E-state index contributed by atoms with van der Waals surface area (Å²) in [4.78, 5) is 11.0. The van der Waals surface area contributed by atoms with Crippen molar-refractivity contribution in [2.45, 2.75) is 56.5 Å². The van der Waals surface area contributed by atoms with Gasteiger partial charge in [0.05, 0.1) is 6.42 Å². The Labute approximate surface area is 137 Å². The first-order valence-electron chi connectivity index (χ1n) is 6.33. The molecule has 0 aliphatic rings. The number of ether oxygens (including phenoxy) is 1. The number of halogens is 12. The predicted octanol–water partition coefficient (Wildman–Crippen LogP) is 5.29. The maximum Gasteiger partial charge on any atom is 0.473 e. The Morgan fingerprint density at radius 2 is 1.35 bits per heavy atom. The summed E-state index contributed by atoms with van der Waals surface area (Å²) in [5.74, 6) is -23.8. The van der Waals surface area contributed by atoms with Gasteiger partial charge in [-0.05, 0) is 13.8 Å². The third-order valence-corrected chi connectivity index (χ3v) is 2.96. The van der Waals surface area contributed by atoms with Crippen LogP contribution < -0.4 is 0 Å². The molecule has 0 aromatic carbocycles. The quantitative estimate of drug-likeness (QED) is 0.322. The van der Waals surface area contributed by atoms with Crippen LogP contribution in [0.3, 0.4) is 0 Å². The molecule has 26 heavy (non-hydrogen) atoms. The zero-order valence-corrected chi connectivity index (χ0v) is 12.7. The lowest BCUT2D eigenvalue weighted by Gasteiger charge is -2.37. The highest BCUT2D eigenvalue weighted by Gasteiger charge is 2.84. The minimum Gasteiger partial charge on any atom is -0.393 e. The van der Waals surface area contributed by atoms with Gasteiger partial charge in [-0.3, -0.25) is 0 Å². The van der Waals surface area contributed by atoms with Crippen molar-refractivity contribution in [3.63, 3.8) is 0 Å². The minimum atomic E-state index is -7.35. The van der Waals surface area contributed by atoms with E-state index in [-0.39, 0.29) is 0 Å². The first-order chi connectivity index (χ1) is 11.2. The summed E-state index contributed by atoms with van der Waals surface area (Å²) in [5.41, 5.74) is -0.809. The molecule has 0 aromatic rings. The zero-order chi connectivity index (χ0) is 21.4. The highest BCUT2D eigenvalue weighted by Crippen LogP contribution is 2.55. The van der Waals surface area contributed by atoms with Crippen LogP contribution in [0.1, 0.15) is 20.3 Å². The lowest BCUT2D eigenvalue weighted by molar-refractivity contribution is -0.422. The summed E-state index contributed by atoms with van der Waals surface area (Å²) < 4.78 is 157. The Morgan fingerprint density at radius 1 is 0.923 bits per heavy atom. The van der Waals surface area contributed by atoms with Crippen LogP contribution in [0, 0.1) is 0 Å². The molecule has 14 heteroatoms. The van der Waals surface area contributed by atoms with Gasteiger partial charge in [-0.15, -0.1) is 0 Å². The van der Waals surface area contributed by atoms with E-state index in [9.17, 15) is 57.5 Å². The molecule has 0 aliphatic carbocycles. The van der Waals surface area contributed by atoms with E-state index in [2.05, 4.69) is 4.74 Å². The van der Waals surface area contributed by atoms with E-state index >= 15 is 0 Å². The monoisotopic (exact) mass is 414 g/mol. The van der Waals surface area contributed by atoms with Crippen LogP contribution in [0.25, 0.3) is 0 Å². The Kier molecular flexibility index (Phi) is 6.73. The Balaban J connectivity index is 5.87. The third kappa shape index (κ3) is 4.55. The summed E-state index contributed by atoms with van der Waals surface area (Å²) in [6.07, 6.45) is -20.0. The van der Waals surface area contributed by atoms with E-state index < -0.39 is 54.2 Å². The van der Waals surface area contributed by atoms with Gasteiger partial charge in [-0.25, -0.2) is 9.18 Å². The third-order valence-electron chi connectivity index (χ3n) is 2.96. The van der Waals surface area contributed by atoms with Crippen molar-refractivity contribution < 1.29 is 62.2 Å². The molecule has 1 atom stereocenters. The van der Waals surface area contributed by atoms with E-state index in [1.54, 1.807) is 0 Å². The highest BCUT2D eigenvalue weighted by atomic mass is 19.4. The molecule has 0 aromatic heterocycles. The van der Waals surface area contributed by atoms with Gasteiger partial charge in [0, 0.05) is 5.57 Å². The van der Waals surface area contributed by atoms with Crippen molar-refractivity contribution >= 4 is 5.97 Å². The van der Waals surface area contributed by atoms with Gasteiger partial charge in [0.2, 0.25) is 0 Å². The molecule has 2 nitrogen and oxygen atoms in total. The van der Waals surface area contributed by atoms with E-state index in [0.717, 1.165) is 6.92 Å². The van der Waals surface area contributed by atoms with Crippen molar-refractivity contribution in [2.75, 3.05) is 0 Å². The SMILES string of the molecule is CC=C(C)C(=O)OC(F)(F)C(F)(F)C(F)(F)C(F)(F)C(F)CC(F)(F)F. The molecule has 0 N–H and O–H groups in total. The molecule has 0 spiro atoms. The van der Waals surface area contributed by atoms with Crippen LogP contribution in [0.5, 0.6) is 0 Å². The van der Waals surface area contributed by atoms with Gasteiger partial charge >= 0.3 is 36.0 Å². The molecule has 154 valence electrons. The number of hydrogen-bond donors (Lipinski definition) is 0. The minimum absolute atomic E-state index is 0.713. The van der Waals surface area contributed by atoms with Gasteiger partial charge in [0.25, 0.3) is 0 Å². The van der Waals surface area contributed by atoms with Crippen molar-refractivity contribution in [2.24, 2.45) is 0 Å². The molecule has 0 radical (unpaired) electrons. The Bertz CT molecular complexity index is 549. The van der Waals surface area contributed by atoms with Crippen LogP contribution in [0.15, 0.2) is 11.6 Å². The van der Waals surface area contributed by atoms with Crippen molar-refractivity contribution in [1.82, 2.24) is 0 Å². The van der Waals surface area contributed by atoms with E-state index in [0.29, 0.717) is 13.0 Å². The topological polar surface area (TPSA) is 26.3 Å².